The van der Waals surface area contributed by atoms with E-state index in [2.05, 4.69) is 4.98 Å². The molecule has 1 saturated heterocycles. The molecule has 1 N–H and O–H groups in total. The monoisotopic (exact) mass is 240 g/mol. The normalized spacial score (nSPS) is 20.2. The van der Waals surface area contributed by atoms with Gasteiger partial charge < -0.3 is 10.0 Å². The minimum absolute atomic E-state index is 0.0218. The van der Waals surface area contributed by atoms with Crippen molar-refractivity contribution >= 4 is 29.2 Å². The Labute approximate surface area is 96.7 Å². The third-order valence-corrected chi connectivity index (χ3v) is 2.81. The van der Waals surface area contributed by atoms with Gasteiger partial charge in [-0.3, -0.25) is 14.6 Å². The van der Waals surface area contributed by atoms with E-state index in [-0.39, 0.29) is 18.9 Å². The third-order valence-electron chi connectivity index (χ3n) is 2.52. The predicted octanol–water partition coefficient (Wildman–Crippen LogP) is 1.17. The zero-order chi connectivity index (χ0) is 11.7. The number of amides is 1. The summed E-state index contributed by atoms with van der Waals surface area (Å²) in [6, 6.07) is 1.60. The third kappa shape index (κ3) is 1.86. The number of carbonyl (C=O) groups is 2. The summed E-state index contributed by atoms with van der Waals surface area (Å²) in [6.07, 6.45) is 2.97. The highest BCUT2D eigenvalue weighted by atomic mass is 35.5. The number of aromatic nitrogens is 1. The zero-order valence-corrected chi connectivity index (χ0v) is 9.02. The molecule has 2 rings (SSSR count). The lowest BCUT2D eigenvalue weighted by atomic mass is 10.1. The molecule has 6 heteroatoms. The van der Waals surface area contributed by atoms with Gasteiger partial charge in [-0.05, 0) is 6.07 Å². The Morgan fingerprint density at radius 3 is 2.94 bits per heavy atom. The second-order valence-corrected chi connectivity index (χ2v) is 3.98. The molecule has 1 aliphatic heterocycles. The van der Waals surface area contributed by atoms with Gasteiger partial charge in [0.1, 0.15) is 0 Å². The van der Waals surface area contributed by atoms with E-state index in [1.54, 1.807) is 6.07 Å². The van der Waals surface area contributed by atoms with Gasteiger partial charge in [-0.25, -0.2) is 0 Å². The molecule has 0 radical (unpaired) electrons. The van der Waals surface area contributed by atoms with Crippen LogP contribution in [0.2, 0.25) is 5.02 Å². The van der Waals surface area contributed by atoms with Gasteiger partial charge >= 0.3 is 5.97 Å². The first-order chi connectivity index (χ1) is 7.59. The van der Waals surface area contributed by atoms with E-state index in [1.807, 2.05) is 0 Å². The summed E-state index contributed by atoms with van der Waals surface area (Å²) < 4.78 is 0. The lowest BCUT2D eigenvalue weighted by Gasteiger charge is -2.16. The molecule has 1 fully saturated rings. The first kappa shape index (κ1) is 10.9. The highest BCUT2D eigenvalue weighted by molar-refractivity contribution is 6.33. The Hall–Kier alpha value is -1.62. The molecule has 0 saturated carbocycles. The summed E-state index contributed by atoms with van der Waals surface area (Å²) in [4.78, 5) is 27.6. The van der Waals surface area contributed by atoms with E-state index >= 15 is 0 Å². The molecule has 1 aromatic rings. The molecule has 1 aliphatic rings. The minimum Gasteiger partial charge on any atom is -0.481 e. The van der Waals surface area contributed by atoms with E-state index in [9.17, 15) is 9.59 Å². The number of rotatable bonds is 2. The topological polar surface area (TPSA) is 70.5 Å². The highest BCUT2D eigenvalue weighted by Gasteiger charge is 2.35. The second-order valence-electron chi connectivity index (χ2n) is 3.57. The fraction of sp³-hybridized carbons (Fsp3) is 0.300. The number of halogens is 1. The van der Waals surface area contributed by atoms with Gasteiger partial charge in [-0.15, -0.1) is 0 Å². The Morgan fingerprint density at radius 2 is 2.38 bits per heavy atom. The quantitative estimate of drug-likeness (QED) is 0.843. The van der Waals surface area contributed by atoms with Crippen molar-refractivity contribution in [2.24, 2.45) is 5.92 Å². The standard InChI is InChI=1S/C10H9ClN2O3/c11-7-4-12-2-1-8(7)13-5-6(10(15)16)3-9(13)14/h1-2,4,6H,3,5H2,(H,15,16). The minimum atomic E-state index is -0.957. The van der Waals surface area contributed by atoms with Crippen LogP contribution in [0.25, 0.3) is 0 Å². The molecule has 16 heavy (non-hydrogen) atoms. The zero-order valence-electron chi connectivity index (χ0n) is 8.26. The van der Waals surface area contributed by atoms with Crippen LogP contribution in [0.3, 0.4) is 0 Å². The van der Waals surface area contributed by atoms with E-state index in [0.29, 0.717) is 10.7 Å². The second kappa shape index (κ2) is 4.09. The summed E-state index contributed by atoms with van der Waals surface area (Å²) >= 11 is 5.89. The Kier molecular flexibility index (Phi) is 2.78. The maximum Gasteiger partial charge on any atom is 0.308 e. The van der Waals surface area contributed by atoms with Crippen molar-refractivity contribution in [1.29, 1.82) is 0 Å². The van der Waals surface area contributed by atoms with Crippen molar-refractivity contribution < 1.29 is 14.7 Å². The van der Waals surface area contributed by atoms with Crippen LogP contribution < -0.4 is 4.90 Å². The van der Waals surface area contributed by atoms with Crippen LogP contribution in [-0.4, -0.2) is 28.5 Å². The van der Waals surface area contributed by atoms with Crippen LogP contribution in [0.15, 0.2) is 18.5 Å². The van der Waals surface area contributed by atoms with Gasteiger partial charge in [-0.2, -0.15) is 0 Å². The van der Waals surface area contributed by atoms with Crippen LogP contribution in [-0.2, 0) is 9.59 Å². The first-order valence-corrected chi connectivity index (χ1v) is 5.10. The van der Waals surface area contributed by atoms with Gasteiger partial charge in [0.25, 0.3) is 0 Å². The molecule has 84 valence electrons. The van der Waals surface area contributed by atoms with E-state index in [0.717, 1.165) is 0 Å². The fourth-order valence-corrected chi connectivity index (χ4v) is 1.91. The van der Waals surface area contributed by atoms with Gasteiger partial charge in [0, 0.05) is 25.4 Å². The van der Waals surface area contributed by atoms with E-state index in [1.165, 1.54) is 17.3 Å². The summed E-state index contributed by atoms with van der Waals surface area (Å²) in [5, 5.41) is 9.19. The van der Waals surface area contributed by atoms with Crippen molar-refractivity contribution in [2.75, 3.05) is 11.4 Å². The average molecular weight is 241 g/mol. The molecular weight excluding hydrogens is 232 g/mol. The molecule has 0 spiro atoms. The summed E-state index contributed by atoms with van der Waals surface area (Å²) in [5.74, 6) is -1.83. The van der Waals surface area contributed by atoms with Crippen LogP contribution in [0.4, 0.5) is 5.69 Å². The molecule has 0 bridgehead atoms. The van der Waals surface area contributed by atoms with Crippen LogP contribution in [0.5, 0.6) is 0 Å². The largest absolute Gasteiger partial charge is 0.481 e. The summed E-state index contributed by atoms with van der Waals surface area (Å²) in [6.45, 7) is 0.165. The number of carbonyl (C=O) groups excluding carboxylic acids is 1. The van der Waals surface area contributed by atoms with Crippen molar-refractivity contribution in [3.05, 3.63) is 23.5 Å². The molecular formula is C10H9ClN2O3. The van der Waals surface area contributed by atoms with Gasteiger partial charge in [0.05, 0.1) is 16.6 Å². The molecule has 1 unspecified atom stereocenters. The lowest BCUT2D eigenvalue weighted by Crippen LogP contribution is -2.26. The number of hydrogen-bond donors (Lipinski definition) is 1. The molecule has 0 aliphatic carbocycles. The van der Waals surface area contributed by atoms with Crippen molar-refractivity contribution in [3.63, 3.8) is 0 Å². The molecule has 1 amide bonds. The smallest absolute Gasteiger partial charge is 0.308 e. The molecule has 5 nitrogen and oxygen atoms in total. The van der Waals surface area contributed by atoms with Crippen molar-refractivity contribution in [3.8, 4) is 0 Å². The number of carboxylic acids is 1. The molecule has 2 heterocycles. The highest BCUT2D eigenvalue weighted by Crippen LogP contribution is 2.30. The van der Waals surface area contributed by atoms with Crippen LogP contribution in [0, 0.1) is 5.92 Å². The van der Waals surface area contributed by atoms with Gasteiger partial charge in [-0.1, -0.05) is 11.6 Å². The fourth-order valence-electron chi connectivity index (χ4n) is 1.69. The van der Waals surface area contributed by atoms with Crippen LogP contribution in [0.1, 0.15) is 6.42 Å². The number of pyridine rings is 1. The van der Waals surface area contributed by atoms with E-state index < -0.39 is 11.9 Å². The molecule has 0 aromatic carbocycles. The van der Waals surface area contributed by atoms with Crippen molar-refractivity contribution in [1.82, 2.24) is 4.98 Å². The molecule has 1 aromatic heterocycles. The number of anilines is 1. The number of hydrogen-bond acceptors (Lipinski definition) is 3. The summed E-state index contributed by atoms with van der Waals surface area (Å²) in [7, 11) is 0. The SMILES string of the molecule is O=C(O)C1CC(=O)N(c2ccncc2Cl)C1. The first-order valence-electron chi connectivity index (χ1n) is 4.72. The predicted molar refractivity (Wildman–Crippen MR) is 57.3 cm³/mol. The number of nitrogens with zero attached hydrogens (tertiary/aromatic N) is 2. The average Bonchev–Trinajstić information content (AvgIpc) is 2.61. The summed E-state index contributed by atoms with van der Waals surface area (Å²) in [5.41, 5.74) is 0.519. The number of aliphatic carboxylic acids is 1. The Balaban J connectivity index is 2.27. The maximum atomic E-state index is 11.6. The molecule has 1 atom stereocenters. The number of carboxylic acid groups (broad SMARTS) is 1. The van der Waals surface area contributed by atoms with E-state index in [4.69, 9.17) is 16.7 Å². The Morgan fingerprint density at radius 1 is 1.62 bits per heavy atom. The lowest BCUT2D eigenvalue weighted by molar-refractivity contribution is -0.141. The van der Waals surface area contributed by atoms with Crippen LogP contribution >= 0.6 is 11.6 Å². The van der Waals surface area contributed by atoms with Gasteiger partial charge in [0.2, 0.25) is 5.91 Å². The Bertz CT molecular complexity index is 449. The van der Waals surface area contributed by atoms with Gasteiger partial charge in [0.15, 0.2) is 0 Å². The van der Waals surface area contributed by atoms with Crippen molar-refractivity contribution in [2.45, 2.75) is 6.42 Å². The maximum absolute atomic E-state index is 11.6.